The van der Waals surface area contributed by atoms with Gasteiger partial charge in [-0.3, -0.25) is 14.4 Å². The fourth-order valence-electron chi connectivity index (χ4n) is 7.53. The van der Waals surface area contributed by atoms with E-state index in [0.717, 1.165) is 29.6 Å². The van der Waals surface area contributed by atoms with Crippen molar-refractivity contribution < 1.29 is 38.1 Å². The lowest BCUT2D eigenvalue weighted by Crippen LogP contribution is -2.55. The van der Waals surface area contributed by atoms with Crippen molar-refractivity contribution in [3.63, 3.8) is 0 Å². The van der Waals surface area contributed by atoms with Crippen LogP contribution in [0, 0.1) is 22.7 Å². The summed E-state index contributed by atoms with van der Waals surface area (Å²) < 4.78 is 23.2. The Bertz CT molecular complexity index is 1050. The Morgan fingerprint density at radius 1 is 1.21 bits per heavy atom. The van der Waals surface area contributed by atoms with Crippen molar-refractivity contribution in [1.82, 2.24) is 0 Å². The van der Waals surface area contributed by atoms with E-state index in [1.807, 2.05) is 26.8 Å². The van der Waals surface area contributed by atoms with E-state index in [9.17, 15) is 19.5 Å². The highest BCUT2D eigenvalue weighted by Gasteiger charge is 2.67. The number of ether oxygens (including phenoxy) is 3. The monoisotopic (exact) mass is 472 g/mol. The third kappa shape index (κ3) is 3.25. The van der Waals surface area contributed by atoms with Gasteiger partial charge in [-0.25, -0.2) is 0 Å². The standard InChI is InChI=1S/C26H32O8/c1-14-16(5-7-25(4)17(14)9-22(30)33-23(25)15-6-8-31-12-15)26-13-32-21(29)11-19(26)34-24(2,3)18(26)10-20(27)28/h6,8,12,16,18-19,23H,5,7,9-11,13H2,1-4H3,(H,27,28)/t16-,18+,19-,23+,25+,26+/m0/s1. The zero-order valence-corrected chi connectivity index (χ0v) is 20.1. The minimum absolute atomic E-state index is 0.0723. The van der Waals surface area contributed by atoms with Crippen molar-refractivity contribution in [2.24, 2.45) is 22.7 Å². The van der Waals surface area contributed by atoms with Crippen LogP contribution < -0.4 is 0 Å². The fourth-order valence-corrected chi connectivity index (χ4v) is 7.53. The van der Waals surface area contributed by atoms with Crippen LogP contribution in [0.2, 0.25) is 0 Å². The van der Waals surface area contributed by atoms with Gasteiger partial charge in [0, 0.05) is 22.3 Å². The Kier molecular flexibility index (Phi) is 5.24. The second-order valence-corrected chi connectivity index (χ2v) is 11.1. The molecule has 8 heteroatoms. The zero-order valence-electron chi connectivity index (χ0n) is 20.1. The van der Waals surface area contributed by atoms with Gasteiger partial charge >= 0.3 is 17.9 Å². The molecule has 0 radical (unpaired) electrons. The largest absolute Gasteiger partial charge is 0.481 e. The Hall–Kier alpha value is -2.61. The number of hydrogen-bond acceptors (Lipinski definition) is 7. The second kappa shape index (κ2) is 7.70. The summed E-state index contributed by atoms with van der Waals surface area (Å²) in [7, 11) is 0. The molecule has 0 spiro atoms. The highest BCUT2D eigenvalue weighted by atomic mass is 16.6. The lowest BCUT2D eigenvalue weighted by Gasteiger charge is -2.54. The molecule has 1 aromatic heterocycles. The number of carboxylic acids is 1. The van der Waals surface area contributed by atoms with E-state index in [0.29, 0.717) is 0 Å². The van der Waals surface area contributed by atoms with Crippen molar-refractivity contribution in [2.45, 2.75) is 77.6 Å². The summed E-state index contributed by atoms with van der Waals surface area (Å²) in [5.41, 5.74) is 1.14. The molecule has 3 saturated heterocycles. The lowest BCUT2D eigenvalue weighted by molar-refractivity contribution is -0.171. The first-order chi connectivity index (χ1) is 16.0. The predicted molar refractivity (Wildman–Crippen MR) is 118 cm³/mol. The number of esters is 2. The third-order valence-corrected chi connectivity index (χ3v) is 9.03. The summed E-state index contributed by atoms with van der Waals surface area (Å²) in [6.07, 6.45) is 4.06. The summed E-state index contributed by atoms with van der Waals surface area (Å²) >= 11 is 0. The van der Waals surface area contributed by atoms with Crippen LogP contribution in [-0.4, -0.2) is 41.3 Å². The van der Waals surface area contributed by atoms with Crippen molar-refractivity contribution in [3.8, 4) is 0 Å². The van der Waals surface area contributed by atoms with Crippen LogP contribution in [-0.2, 0) is 28.6 Å². The molecule has 3 fully saturated rings. The molecule has 34 heavy (non-hydrogen) atoms. The van der Waals surface area contributed by atoms with Crippen LogP contribution in [0.25, 0.3) is 0 Å². The van der Waals surface area contributed by atoms with Gasteiger partial charge in [0.25, 0.3) is 0 Å². The molecule has 4 aliphatic rings. The number of aliphatic carboxylic acids is 1. The van der Waals surface area contributed by atoms with E-state index in [1.165, 1.54) is 0 Å². The van der Waals surface area contributed by atoms with Gasteiger partial charge < -0.3 is 23.7 Å². The number of cyclic esters (lactones) is 2. The number of carbonyl (C=O) groups is 3. The predicted octanol–water partition coefficient (Wildman–Crippen LogP) is 4.20. The normalized spacial score (nSPS) is 39.2. The molecule has 5 rings (SSSR count). The summed E-state index contributed by atoms with van der Waals surface area (Å²) in [6, 6.07) is 1.83. The number of carboxylic acid groups (broad SMARTS) is 1. The number of rotatable bonds is 4. The smallest absolute Gasteiger partial charge is 0.310 e. The maximum Gasteiger partial charge on any atom is 0.310 e. The molecule has 1 N–H and O–H groups in total. The minimum atomic E-state index is -0.897. The Morgan fingerprint density at radius 2 is 1.97 bits per heavy atom. The summed E-state index contributed by atoms with van der Waals surface area (Å²) in [6.45, 7) is 8.13. The highest BCUT2D eigenvalue weighted by Crippen LogP contribution is 2.65. The van der Waals surface area contributed by atoms with Gasteiger partial charge in [0.15, 0.2) is 0 Å². The van der Waals surface area contributed by atoms with Crippen molar-refractivity contribution >= 4 is 17.9 Å². The van der Waals surface area contributed by atoms with Crippen LogP contribution in [0.3, 0.4) is 0 Å². The molecule has 0 unspecified atom stereocenters. The first kappa shape index (κ1) is 23.1. The maximum absolute atomic E-state index is 12.7. The van der Waals surface area contributed by atoms with E-state index in [1.54, 1.807) is 12.5 Å². The molecule has 1 aromatic rings. The first-order valence-corrected chi connectivity index (χ1v) is 12.0. The summed E-state index contributed by atoms with van der Waals surface area (Å²) in [4.78, 5) is 36.9. The van der Waals surface area contributed by atoms with Gasteiger partial charge in [0.2, 0.25) is 0 Å². The third-order valence-electron chi connectivity index (χ3n) is 9.03. The van der Waals surface area contributed by atoms with Crippen LogP contribution in [0.5, 0.6) is 0 Å². The quantitative estimate of drug-likeness (QED) is 0.512. The molecule has 1 aliphatic carbocycles. The molecule has 3 aliphatic heterocycles. The highest BCUT2D eigenvalue weighted by molar-refractivity contribution is 5.76. The molecule has 4 heterocycles. The van der Waals surface area contributed by atoms with Crippen LogP contribution in [0.1, 0.15) is 71.5 Å². The van der Waals surface area contributed by atoms with Crippen LogP contribution in [0.15, 0.2) is 34.2 Å². The molecule has 184 valence electrons. The van der Waals surface area contributed by atoms with E-state index >= 15 is 0 Å². The first-order valence-electron chi connectivity index (χ1n) is 12.0. The number of carbonyl (C=O) groups excluding carboxylic acids is 2. The second-order valence-electron chi connectivity index (χ2n) is 11.1. The average Bonchev–Trinajstić information content (AvgIpc) is 3.35. The molecule has 0 bridgehead atoms. The van der Waals surface area contributed by atoms with E-state index in [4.69, 9.17) is 18.6 Å². The average molecular weight is 473 g/mol. The van der Waals surface area contributed by atoms with E-state index < -0.39 is 34.6 Å². The van der Waals surface area contributed by atoms with E-state index in [2.05, 4.69) is 6.92 Å². The van der Waals surface area contributed by atoms with Crippen LogP contribution in [0.4, 0.5) is 0 Å². The molecule has 8 nitrogen and oxygen atoms in total. The summed E-state index contributed by atoms with van der Waals surface area (Å²) in [5, 5.41) is 9.79. The Labute approximate surface area is 198 Å². The molecule has 6 atom stereocenters. The Balaban J connectivity index is 1.63. The zero-order chi connectivity index (χ0) is 24.5. The van der Waals surface area contributed by atoms with Crippen LogP contribution >= 0.6 is 0 Å². The van der Waals surface area contributed by atoms with Gasteiger partial charge in [0.1, 0.15) is 12.7 Å². The van der Waals surface area contributed by atoms with Gasteiger partial charge in [-0.2, -0.15) is 0 Å². The number of fused-ring (bicyclic) bond motifs is 2. The van der Waals surface area contributed by atoms with E-state index in [-0.39, 0.29) is 49.6 Å². The SMILES string of the molecule is CC1=C2CC(=O)O[C@H](c3ccoc3)[C@]2(C)CC[C@@H]1[C@@]12COC(=O)C[C@@H]1OC(C)(C)[C@H]2CC(=O)O. The molecular formula is C26H32O8. The summed E-state index contributed by atoms with van der Waals surface area (Å²) in [5.74, 6) is -1.92. The number of allylic oxidation sites excluding steroid dienone is 1. The molecule has 0 saturated carbocycles. The van der Waals surface area contributed by atoms with Gasteiger partial charge in [0.05, 0.1) is 43.5 Å². The van der Waals surface area contributed by atoms with Gasteiger partial charge in [-0.15, -0.1) is 0 Å². The molecular weight excluding hydrogens is 440 g/mol. The topological polar surface area (TPSA) is 112 Å². The fraction of sp³-hybridized carbons (Fsp3) is 0.654. The Morgan fingerprint density at radius 3 is 2.65 bits per heavy atom. The molecule has 0 aromatic carbocycles. The van der Waals surface area contributed by atoms with Crippen molar-refractivity contribution in [2.75, 3.05) is 6.61 Å². The number of furan rings is 1. The molecule has 0 amide bonds. The van der Waals surface area contributed by atoms with Crippen molar-refractivity contribution in [3.05, 3.63) is 35.3 Å². The minimum Gasteiger partial charge on any atom is -0.481 e. The maximum atomic E-state index is 12.7. The lowest BCUT2D eigenvalue weighted by atomic mass is 9.52. The van der Waals surface area contributed by atoms with Crippen molar-refractivity contribution in [1.29, 1.82) is 0 Å². The van der Waals surface area contributed by atoms with Gasteiger partial charge in [-0.05, 0) is 51.2 Å². The van der Waals surface area contributed by atoms with Gasteiger partial charge in [-0.1, -0.05) is 12.5 Å². The number of hydrogen-bond donors (Lipinski definition) is 1.